The number of para-hydroxylation sites is 1. The van der Waals surface area contributed by atoms with Gasteiger partial charge in [0.2, 0.25) is 17.7 Å². The number of hydrogen-bond acceptors (Lipinski definition) is 28. The number of amides is 2. The van der Waals surface area contributed by atoms with Gasteiger partial charge in [0.1, 0.15) is 59.3 Å². The van der Waals surface area contributed by atoms with Crippen LogP contribution < -0.4 is 10.6 Å². The molecule has 125 heavy (non-hydrogen) atoms. The third kappa shape index (κ3) is 24.5. The molecule has 4 aromatic rings. The first-order chi connectivity index (χ1) is 58.1. The maximum absolute atomic E-state index is 14.7. The Hall–Kier alpha value is -6.30. The van der Waals surface area contributed by atoms with E-state index in [1.165, 1.54) is 13.8 Å². The summed E-state index contributed by atoms with van der Waals surface area (Å²) in [4.78, 5) is 88.6. The maximum atomic E-state index is 14.7. The average Bonchev–Trinajstić information content (AvgIpc) is 1.57. The van der Waals surface area contributed by atoms with Gasteiger partial charge in [-0.1, -0.05) is 158 Å². The van der Waals surface area contributed by atoms with Gasteiger partial charge in [-0.3, -0.25) is 28.8 Å². The number of oxazole rings is 1. The highest BCUT2D eigenvalue weighted by atomic mass is 16.7. The van der Waals surface area contributed by atoms with Crippen molar-refractivity contribution in [2.45, 2.75) is 371 Å². The van der Waals surface area contributed by atoms with E-state index in [1.807, 2.05) is 133 Å². The molecule has 14 unspecified atom stereocenters. The minimum atomic E-state index is -2.16. The number of esters is 2. The minimum absolute atomic E-state index is 0.0608. The van der Waals surface area contributed by atoms with E-state index in [0.717, 1.165) is 5.56 Å². The number of hydrogen-bond donors (Lipinski definition) is 10. The van der Waals surface area contributed by atoms with Crippen LogP contribution in [0, 0.1) is 87.8 Å². The Labute approximate surface area is 738 Å². The summed E-state index contributed by atoms with van der Waals surface area (Å²) in [6, 6.07) is 16.6. The summed E-state index contributed by atoms with van der Waals surface area (Å²) in [5, 5.41) is 103. The Balaban J connectivity index is 0.000000283. The first-order valence-corrected chi connectivity index (χ1v) is 45.2. The summed E-state index contributed by atoms with van der Waals surface area (Å²) in [6.45, 7) is 44.8. The van der Waals surface area contributed by atoms with Gasteiger partial charge in [0, 0.05) is 85.2 Å². The third-order valence-corrected chi connectivity index (χ3v) is 27.8. The van der Waals surface area contributed by atoms with Gasteiger partial charge in [0.05, 0.1) is 97.2 Å². The van der Waals surface area contributed by atoms with E-state index in [9.17, 15) is 69.6 Å². The molecule has 704 valence electrons. The molecule has 6 fully saturated rings. The number of aliphatic hydroxyl groups is 8. The third-order valence-electron chi connectivity index (χ3n) is 27.8. The van der Waals surface area contributed by atoms with Crippen molar-refractivity contribution in [2.24, 2.45) is 80.8 Å². The van der Waals surface area contributed by atoms with Gasteiger partial charge in [-0.25, -0.2) is 4.98 Å². The molecule has 6 aliphatic heterocycles. The molecule has 0 aliphatic carbocycles. The van der Waals surface area contributed by atoms with Crippen LogP contribution in [0.2, 0.25) is 0 Å². The van der Waals surface area contributed by atoms with Gasteiger partial charge in [-0.05, 0) is 134 Å². The molecule has 10 N–H and O–H groups in total. The molecule has 0 bridgehead atoms. The minimum Gasteiger partial charge on any atom is -0.459 e. The van der Waals surface area contributed by atoms with Crippen molar-refractivity contribution in [3.8, 4) is 11.3 Å². The largest absolute Gasteiger partial charge is 0.459 e. The van der Waals surface area contributed by atoms with Crippen LogP contribution in [-0.4, -0.2) is 233 Å². The lowest BCUT2D eigenvalue weighted by Crippen LogP contribution is -2.58. The van der Waals surface area contributed by atoms with Gasteiger partial charge in [0.15, 0.2) is 36.5 Å². The second-order valence-corrected chi connectivity index (χ2v) is 40.9. The summed E-state index contributed by atoms with van der Waals surface area (Å²) < 4.78 is 75.8. The molecule has 10 rings (SSSR count). The number of nitrogens with one attached hydrogen (secondary N) is 2. The van der Waals surface area contributed by atoms with Crippen molar-refractivity contribution in [3.63, 3.8) is 0 Å². The Morgan fingerprint density at radius 1 is 0.488 bits per heavy atom. The van der Waals surface area contributed by atoms with E-state index in [2.05, 4.69) is 20.8 Å². The van der Waals surface area contributed by atoms with Gasteiger partial charge < -0.3 is 108 Å². The van der Waals surface area contributed by atoms with Crippen molar-refractivity contribution < 1.29 is 126 Å². The van der Waals surface area contributed by atoms with Crippen LogP contribution in [0.4, 0.5) is 0 Å². The summed E-state index contributed by atoms with van der Waals surface area (Å²) in [7, 11) is 0. The lowest BCUT2D eigenvalue weighted by atomic mass is 9.69. The Kier molecular flexibility index (Phi) is 34.3. The summed E-state index contributed by atoms with van der Waals surface area (Å²) in [5.41, 5.74) is -4.71. The fourth-order valence-electron chi connectivity index (χ4n) is 20.4. The highest BCUT2D eigenvalue weighted by Gasteiger charge is 2.56. The van der Waals surface area contributed by atoms with Gasteiger partial charge in [0.25, 0.3) is 0 Å². The van der Waals surface area contributed by atoms with Crippen LogP contribution in [0.1, 0.15) is 235 Å². The molecule has 6 aliphatic rings. The SMILES string of the molecule is CC1CC(C)C(O)C(O[C@@H]2[C@@H](C)[C@H](OC3CC(C)(C)C(O)C(C)O3)[C@@H](C)C(=O)O[C@H](CCNC(=O)Cc3noc4ccccc34)[C@@](C)(O)[C@H](O)[C@@H](C)C(=O)[C@H](C)CC2(C)C)O1.Cc1nc(CC(=O)NCC[C@H]2OC(=O)[C@H](C)[C@@H](OC3CC(C)(C)C(O)C(C)O3)[C@H](C)[C@@H](OC3OC(C)CC(C)C3O)C(C)(C)C[C@@H](C)C(=O)[C@H](C)[C@@H](O)[C@]2(C)O)oc1-c1ccccc1. The standard InChI is InChI=1S/C49H76N2O13.C46H72N2O13/c1-25-21-27(3)59-46(39(25)54)64-44-29(5)40(63-37-24-47(9,10)43(56)32(8)60-37)30(6)45(57)61-34(49(13,58)42(55)28(4)38(53)26(2)23-48(44,11)12)19-20-50-35(52)22-36-51-31(7)41(62-36)33-17-15-14-16-18-33;1-23-19-25(3)56-43(37(23)51)60-41-27(5)38(59-35-22-44(8,9)40(53)29(7)57-35)28(6)42(54)58-33(46(12,55)39(52)26(4)36(50)24(2)21-45(41,10)11)17-18-47-34(49)20-31-30-15-13-14-16-32(30)61-48-31/h14-18,25-30,32,34,37,39-40,42-44,46,54-56,58H,19-24H2,1-13H3,(H,50,52);13-16,23-29,33,35,37-41,43,51-53,55H,17-22H2,1-12H3,(H,47,49)/t25?,26-,27?,28+,29+,30-,32?,34-,37?,39?,40+,42-,43?,44-,46?,49-;23?,24-,25?,26+,27+,28-,29?,33-,35?,37?,38+,39-,40?,41-,43?,46-/m11/s1. The van der Waals surface area contributed by atoms with Crippen LogP contribution in [0.5, 0.6) is 0 Å². The Morgan fingerprint density at radius 3 is 1.30 bits per heavy atom. The lowest BCUT2D eigenvalue weighted by molar-refractivity contribution is -0.306. The number of aryl methyl sites for hydroxylation is 1. The summed E-state index contributed by atoms with van der Waals surface area (Å²) >= 11 is 0. The zero-order valence-corrected chi connectivity index (χ0v) is 78.3. The number of aromatic nitrogens is 2. The second-order valence-electron chi connectivity index (χ2n) is 40.9. The molecule has 8 heterocycles. The van der Waals surface area contributed by atoms with Crippen molar-refractivity contribution in [3.05, 3.63) is 71.9 Å². The molecule has 30 nitrogen and oxygen atoms in total. The molecule has 0 saturated carbocycles. The monoisotopic (exact) mass is 1760 g/mol. The zero-order valence-electron chi connectivity index (χ0n) is 78.3. The molecule has 2 amide bonds. The van der Waals surface area contributed by atoms with Crippen molar-refractivity contribution in [2.75, 3.05) is 13.1 Å². The smallest absolute Gasteiger partial charge is 0.311 e. The Morgan fingerprint density at radius 2 is 0.888 bits per heavy atom. The number of aliphatic hydroxyl groups excluding tert-OH is 6. The van der Waals surface area contributed by atoms with Crippen molar-refractivity contribution in [1.82, 2.24) is 20.8 Å². The van der Waals surface area contributed by atoms with Crippen LogP contribution in [0.25, 0.3) is 22.3 Å². The van der Waals surface area contributed by atoms with E-state index in [-0.39, 0.29) is 93.1 Å². The molecule has 0 radical (unpaired) electrons. The number of carbonyl (C=O) groups is 6. The number of benzene rings is 2. The number of nitrogens with zero attached hydrogens (tertiary/aromatic N) is 2. The number of Topliss-reactive ketones (excluding diaryl/α,β-unsaturated/α-hetero) is 2. The normalized spacial score (nSPS) is 39.5. The molecule has 2 aromatic carbocycles. The van der Waals surface area contributed by atoms with Gasteiger partial charge >= 0.3 is 11.9 Å². The summed E-state index contributed by atoms with van der Waals surface area (Å²) in [6.07, 6.45) is -16.6. The van der Waals surface area contributed by atoms with Gasteiger partial charge in [-0.2, -0.15) is 0 Å². The number of cyclic esters (lactones) is 2. The second kappa shape index (κ2) is 41.9. The fourth-order valence-corrected chi connectivity index (χ4v) is 20.4. The molecule has 0 spiro atoms. The fraction of sp³-hybridized carbons (Fsp3) is 0.768. The maximum Gasteiger partial charge on any atom is 0.311 e. The number of ether oxygens (including phenoxy) is 10. The quantitative estimate of drug-likeness (QED) is 0.0390. The van der Waals surface area contributed by atoms with Crippen LogP contribution in [0.15, 0.2) is 63.5 Å². The van der Waals surface area contributed by atoms with Crippen LogP contribution in [0.3, 0.4) is 0 Å². The number of ketones is 2. The lowest BCUT2D eigenvalue weighted by Gasteiger charge is -2.49. The van der Waals surface area contributed by atoms with E-state index in [0.29, 0.717) is 53.8 Å². The Bertz CT molecular complexity index is 4220. The van der Waals surface area contributed by atoms with Crippen molar-refractivity contribution in [1.29, 1.82) is 0 Å². The first-order valence-electron chi connectivity index (χ1n) is 45.2. The zero-order chi connectivity index (χ0) is 93.0. The van der Waals surface area contributed by atoms with Crippen molar-refractivity contribution >= 4 is 46.3 Å². The molecular weight excluding hydrogens is 1610 g/mol. The highest BCUT2D eigenvalue weighted by molar-refractivity contribution is 5.87. The average molecular weight is 1760 g/mol. The molecular formula is C95H148N4O26. The molecule has 2 aromatic heterocycles. The predicted molar refractivity (Wildman–Crippen MR) is 462 cm³/mol. The van der Waals surface area contributed by atoms with Crippen LogP contribution in [-0.2, 0) is 89.0 Å². The highest BCUT2D eigenvalue weighted by Crippen LogP contribution is 2.48. The summed E-state index contributed by atoms with van der Waals surface area (Å²) in [5.74, 6) is -9.29. The molecule has 30 heteroatoms. The predicted octanol–water partition coefficient (Wildman–Crippen LogP) is 10.6. The van der Waals surface area contributed by atoms with Crippen LogP contribution >= 0.6 is 0 Å². The van der Waals surface area contributed by atoms with Gasteiger partial charge in [-0.15, -0.1) is 0 Å². The van der Waals surface area contributed by atoms with E-state index in [1.54, 1.807) is 80.5 Å². The molecule has 32 atom stereocenters. The first kappa shape index (κ1) is 102. The number of carbonyl (C=O) groups excluding carboxylic acids is 6. The van der Waals surface area contributed by atoms with E-state index >= 15 is 0 Å². The number of rotatable bonds is 19. The molecule has 6 saturated heterocycles. The number of fused-ring (bicyclic) bond motifs is 1. The van der Waals surface area contributed by atoms with E-state index in [4.69, 9.17) is 56.3 Å². The van der Waals surface area contributed by atoms with E-state index < -0.39 is 215 Å². The topological polar surface area (TPSA) is 433 Å².